The number of hydrogen-bond donors (Lipinski definition) is 0. The number of hydrogen-bond acceptors (Lipinski definition) is 6. The van der Waals surface area contributed by atoms with Crippen LogP contribution in [0.3, 0.4) is 0 Å². The van der Waals surface area contributed by atoms with Crippen molar-refractivity contribution in [2.45, 2.75) is 43.0 Å². The summed E-state index contributed by atoms with van der Waals surface area (Å²) < 4.78 is 28.8. The molecule has 1 saturated carbocycles. The summed E-state index contributed by atoms with van der Waals surface area (Å²) in [5, 5.41) is 1.21. The molecule has 0 radical (unpaired) electrons. The molecule has 0 saturated heterocycles. The Hall–Kier alpha value is -1.75. The number of carbonyl (C=O) groups excluding carboxylic acids is 1. The standard InChI is InChI=1S/C25H31ClN4O3S2.ClH/c1-28(2)15-16-30(25-27-22-14-11-19(26)17-23(22)34-25)24(31)18-9-12-21(13-10-18)35(32,33)29(3)20-7-5-4-6-8-20;/h9-14,17,20H,4-8,15-16H2,1-3H3;1H. The maximum atomic E-state index is 13.5. The Labute approximate surface area is 228 Å². The SMILES string of the molecule is CN(C)CCN(C(=O)c1ccc(S(=O)(=O)N(C)C2CCCCC2)cc1)c1nc2ccc(Cl)cc2s1.Cl. The zero-order valence-electron chi connectivity index (χ0n) is 20.7. The summed E-state index contributed by atoms with van der Waals surface area (Å²) in [5.74, 6) is -0.221. The van der Waals surface area contributed by atoms with E-state index in [1.165, 1.54) is 27.8 Å². The largest absolute Gasteiger partial charge is 0.308 e. The number of fused-ring (bicyclic) bond motifs is 1. The van der Waals surface area contributed by atoms with E-state index in [1.54, 1.807) is 30.1 Å². The van der Waals surface area contributed by atoms with E-state index in [0.717, 1.165) is 42.3 Å². The molecule has 0 bridgehead atoms. The lowest BCUT2D eigenvalue weighted by Crippen LogP contribution is -2.38. The topological polar surface area (TPSA) is 73.8 Å². The third-order valence-corrected chi connectivity index (χ3v) is 9.65. The second-order valence-corrected chi connectivity index (χ2v) is 12.6. The molecule has 1 aliphatic rings. The molecule has 4 rings (SSSR count). The van der Waals surface area contributed by atoms with Gasteiger partial charge in [0.05, 0.1) is 15.1 Å². The van der Waals surface area contributed by atoms with Crippen LogP contribution in [0.4, 0.5) is 5.13 Å². The number of nitrogens with zero attached hydrogens (tertiary/aromatic N) is 4. The van der Waals surface area contributed by atoms with Crippen LogP contribution in [0.15, 0.2) is 47.4 Å². The molecule has 1 fully saturated rings. The van der Waals surface area contributed by atoms with Gasteiger partial charge in [0.2, 0.25) is 10.0 Å². The number of likely N-dealkylation sites (N-methyl/N-ethyl adjacent to an activating group) is 1. The van der Waals surface area contributed by atoms with Crippen LogP contribution >= 0.6 is 35.3 Å². The number of anilines is 1. The van der Waals surface area contributed by atoms with Gasteiger partial charge in [0.15, 0.2) is 5.13 Å². The lowest BCUT2D eigenvalue weighted by atomic mass is 9.96. The number of sulfonamides is 1. The van der Waals surface area contributed by atoms with E-state index in [1.807, 2.05) is 31.1 Å². The number of thiazole rings is 1. The molecule has 0 N–H and O–H groups in total. The lowest BCUT2D eigenvalue weighted by molar-refractivity contribution is 0.0985. The zero-order valence-corrected chi connectivity index (χ0v) is 23.9. The highest BCUT2D eigenvalue weighted by Crippen LogP contribution is 2.32. The van der Waals surface area contributed by atoms with Crippen molar-refractivity contribution in [1.29, 1.82) is 0 Å². The summed E-state index contributed by atoms with van der Waals surface area (Å²) >= 11 is 7.54. The second kappa shape index (κ2) is 12.2. The molecule has 11 heteroatoms. The van der Waals surface area contributed by atoms with Crippen molar-refractivity contribution >= 4 is 66.6 Å². The maximum absolute atomic E-state index is 13.5. The summed E-state index contributed by atoms with van der Waals surface area (Å²) in [5.41, 5.74) is 1.20. The van der Waals surface area contributed by atoms with Crippen LogP contribution in [0.5, 0.6) is 0 Å². The Morgan fingerprint density at radius 2 is 1.69 bits per heavy atom. The van der Waals surface area contributed by atoms with E-state index >= 15 is 0 Å². The molecular formula is C25H32Cl2N4O3S2. The van der Waals surface area contributed by atoms with Crippen LogP contribution in [-0.4, -0.2) is 68.8 Å². The molecule has 1 heterocycles. The monoisotopic (exact) mass is 570 g/mol. The van der Waals surface area contributed by atoms with Gasteiger partial charge >= 0.3 is 0 Å². The van der Waals surface area contributed by atoms with Crippen LogP contribution in [0.2, 0.25) is 5.02 Å². The van der Waals surface area contributed by atoms with E-state index < -0.39 is 10.0 Å². The van der Waals surface area contributed by atoms with Gasteiger partial charge in [-0.25, -0.2) is 13.4 Å². The first-order valence-electron chi connectivity index (χ1n) is 11.8. The van der Waals surface area contributed by atoms with E-state index in [9.17, 15) is 13.2 Å². The normalized spacial score (nSPS) is 14.8. The first-order chi connectivity index (χ1) is 16.7. The molecule has 0 unspecified atom stereocenters. The van der Waals surface area contributed by atoms with Gasteiger partial charge in [0, 0.05) is 36.8 Å². The predicted octanol–water partition coefficient (Wildman–Crippen LogP) is 5.53. The highest BCUT2D eigenvalue weighted by atomic mass is 35.5. The second-order valence-electron chi connectivity index (χ2n) is 9.21. The molecule has 196 valence electrons. The van der Waals surface area contributed by atoms with Crippen LogP contribution in [0, 0.1) is 0 Å². The molecular weight excluding hydrogens is 539 g/mol. The van der Waals surface area contributed by atoms with Crippen molar-refractivity contribution in [3.8, 4) is 0 Å². The van der Waals surface area contributed by atoms with E-state index in [4.69, 9.17) is 11.6 Å². The minimum Gasteiger partial charge on any atom is -0.308 e. The minimum atomic E-state index is -3.62. The number of amides is 1. The molecule has 2 aromatic carbocycles. The van der Waals surface area contributed by atoms with Crippen molar-refractivity contribution in [2.24, 2.45) is 0 Å². The Bertz CT molecular complexity index is 1290. The van der Waals surface area contributed by atoms with Crippen molar-refractivity contribution < 1.29 is 13.2 Å². The van der Waals surface area contributed by atoms with Gasteiger partial charge in [-0.05, 0) is 69.4 Å². The van der Waals surface area contributed by atoms with Crippen LogP contribution in [0.25, 0.3) is 10.2 Å². The fraction of sp³-hybridized carbons (Fsp3) is 0.440. The summed E-state index contributed by atoms with van der Waals surface area (Å²) in [6.45, 7) is 1.10. The fourth-order valence-electron chi connectivity index (χ4n) is 4.32. The summed E-state index contributed by atoms with van der Waals surface area (Å²) in [6, 6.07) is 11.7. The zero-order chi connectivity index (χ0) is 25.2. The van der Waals surface area contributed by atoms with Gasteiger partial charge in [-0.1, -0.05) is 42.2 Å². The fourth-order valence-corrected chi connectivity index (χ4v) is 7.00. The Morgan fingerprint density at radius 1 is 1.03 bits per heavy atom. The van der Waals surface area contributed by atoms with Crippen LogP contribution in [0.1, 0.15) is 42.5 Å². The van der Waals surface area contributed by atoms with E-state index in [0.29, 0.717) is 28.8 Å². The Morgan fingerprint density at radius 3 is 2.33 bits per heavy atom. The quantitative estimate of drug-likeness (QED) is 0.356. The number of benzene rings is 2. The molecule has 0 aliphatic heterocycles. The molecule has 1 aromatic heterocycles. The van der Waals surface area contributed by atoms with E-state index in [2.05, 4.69) is 4.98 Å². The minimum absolute atomic E-state index is 0. The highest BCUT2D eigenvalue weighted by molar-refractivity contribution is 7.89. The van der Waals surface area contributed by atoms with Gasteiger partial charge in [-0.2, -0.15) is 4.31 Å². The van der Waals surface area contributed by atoms with E-state index in [-0.39, 0.29) is 29.3 Å². The molecule has 0 spiro atoms. The number of halogens is 2. The maximum Gasteiger partial charge on any atom is 0.260 e. The van der Waals surface area contributed by atoms with Crippen molar-refractivity contribution in [2.75, 3.05) is 39.1 Å². The molecule has 36 heavy (non-hydrogen) atoms. The third-order valence-electron chi connectivity index (χ3n) is 6.45. The van der Waals surface area contributed by atoms with Crippen LogP contribution < -0.4 is 4.90 Å². The molecule has 1 aliphatic carbocycles. The average Bonchev–Trinajstić information content (AvgIpc) is 3.26. The van der Waals surface area contributed by atoms with Gasteiger partial charge < -0.3 is 4.90 Å². The summed E-state index contributed by atoms with van der Waals surface area (Å²) in [7, 11) is 1.94. The smallest absolute Gasteiger partial charge is 0.260 e. The lowest BCUT2D eigenvalue weighted by Gasteiger charge is -2.30. The third kappa shape index (κ3) is 6.38. The average molecular weight is 572 g/mol. The van der Waals surface area contributed by atoms with Gasteiger partial charge in [0.1, 0.15) is 0 Å². The number of carbonyl (C=O) groups is 1. The van der Waals surface area contributed by atoms with Gasteiger partial charge in [-0.15, -0.1) is 12.4 Å². The summed E-state index contributed by atoms with van der Waals surface area (Å²) in [6.07, 6.45) is 5.05. The first-order valence-corrected chi connectivity index (χ1v) is 14.4. The molecule has 1 amide bonds. The highest BCUT2D eigenvalue weighted by Gasteiger charge is 2.29. The predicted molar refractivity (Wildman–Crippen MR) is 150 cm³/mol. The van der Waals surface area contributed by atoms with Crippen molar-refractivity contribution in [3.05, 3.63) is 53.1 Å². The van der Waals surface area contributed by atoms with Gasteiger partial charge in [0.25, 0.3) is 5.91 Å². The molecule has 0 atom stereocenters. The van der Waals surface area contributed by atoms with Crippen molar-refractivity contribution in [1.82, 2.24) is 14.2 Å². The first kappa shape index (κ1) is 28.8. The number of aromatic nitrogens is 1. The number of rotatable bonds is 8. The molecule has 7 nitrogen and oxygen atoms in total. The molecule has 3 aromatic rings. The van der Waals surface area contributed by atoms with Crippen LogP contribution in [-0.2, 0) is 10.0 Å². The Balaban J connectivity index is 0.00000361. The van der Waals surface area contributed by atoms with Crippen molar-refractivity contribution in [3.63, 3.8) is 0 Å². The summed E-state index contributed by atoms with van der Waals surface area (Å²) in [4.78, 5) is 22.0. The van der Waals surface area contributed by atoms with Gasteiger partial charge in [-0.3, -0.25) is 9.69 Å². The Kier molecular flexibility index (Phi) is 9.76.